The van der Waals surface area contributed by atoms with Crippen LogP contribution in [0.1, 0.15) is 278 Å². The number of hydrogen-bond donors (Lipinski definition) is 0. The molecule has 6 nitrogen and oxygen atoms in total. The van der Waals surface area contributed by atoms with Crippen LogP contribution in [0.4, 0.5) is 0 Å². The molecule has 0 aromatic rings. The van der Waals surface area contributed by atoms with Crippen LogP contribution in [0.15, 0.2) is 97.2 Å². The zero-order valence-electron chi connectivity index (χ0n) is 46.5. The molecule has 1 unspecified atom stereocenters. The van der Waals surface area contributed by atoms with Gasteiger partial charge in [0.2, 0.25) is 0 Å². The molecule has 1 atom stereocenters. The molecule has 0 spiro atoms. The molecule has 0 bridgehead atoms. The van der Waals surface area contributed by atoms with Gasteiger partial charge in [-0.3, -0.25) is 14.4 Å². The van der Waals surface area contributed by atoms with E-state index >= 15 is 0 Å². The molecule has 0 aromatic heterocycles. The van der Waals surface area contributed by atoms with E-state index in [4.69, 9.17) is 14.2 Å². The summed E-state index contributed by atoms with van der Waals surface area (Å²) in [6.45, 7) is 6.50. The average molecular weight is 988 g/mol. The van der Waals surface area contributed by atoms with Gasteiger partial charge in [-0.2, -0.15) is 0 Å². The Morgan fingerprint density at radius 2 is 0.549 bits per heavy atom. The van der Waals surface area contributed by atoms with Crippen LogP contribution in [0.5, 0.6) is 0 Å². The van der Waals surface area contributed by atoms with Gasteiger partial charge >= 0.3 is 17.9 Å². The molecule has 0 saturated heterocycles. The summed E-state index contributed by atoms with van der Waals surface area (Å²) in [6.07, 6.45) is 78.3. The van der Waals surface area contributed by atoms with Crippen LogP contribution >= 0.6 is 0 Å². The molecule has 0 aromatic carbocycles. The van der Waals surface area contributed by atoms with Crippen LogP contribution in [0.25, 0.3) is 0 Å². The first kappa shape index (κ1) is 67.3. The van der Waals surface area contributed by atoms with Crippen molar-refractivity contribution in [2.75, 3.05) is 13.2 Å². The van der Waals surface area contributed by atoms with Gasteiger partial charge in [-0.15, -0.1) is 0 Å². The Balaban J connectivity index is 4.32. The van der Waals surface area contributed by atoms with Crippen molar-refractivity contribution in [1.82, 2.24) is 0 Å². The topological polar surface area (TPSA) is 78.9 Å². The highest BCUT2D eigenvalue weighted by molar-refractivity contribution is 5.71. The van der Waals surface area contributed by atoms with E-state index in [9.17, 15) is 14.4 Å². The number of esters is 3. The Morgan fingerprint density at radius 3 is 0.873 bits per heavy atom. The van der Waals surface area contributed by atoms with E-state index < -0.39 is 6.10 Å². The summed E-state index contributed by atoms with van der Waals surface area (Å²) in [5, 5.41) is 0. The molecular weight excluding hydrogens is 877 g/mol. The largest absolute Gasteiger partial charge is 0.462 e. The number of carbonyl (C=O) groups is 3. The van der Waals surface area contributed by atoms with Gasteiger partial charge in [0.25, 0.3) is 0 Å². The molecule has 6 heteroatoms. The van der Waals surface area contributed by atoms with E-state index in [1.54, 1.807) is 0 Å². The Labute approximate surface area is 438 Å². The molecule has 0 fully saturated rings. The lowest BCUT2D eigenvalue weighted by molar-refractivity contribution is -0.167. The Morgan fingerprint density at radius 1 is 0.296 bits per heavy atom. The smallest absolute Gasteiger partial charge is 0.306 e. The molecule has 0 aliphatic rings. The summed E-state index contributed by atoms with van der Waals surface area (Å²) in [4.78, 5) is 38.1. The Hall–Kier alpha value is -3.67. The van der Waals surface area contributed by atoms with E-state index in [0.29, 0.717) is 19.3 Å². The van der Waals surface area contributed by atoms with E-state index in [2.05, 4.69) is 118 Å². The molecule has 0 radical (unpaired) electrons. The molecule has 406 valence electrons. The normalized spacial score (nSPS) is 12.8. The first-order chi connectivity index (χ1) is 35.0. The van der Waals surface area contributed by atoms with Gasteiger partial charge < -0.3 is 14.2 Å². The SMILES string of the molecule is CC/C=C\C/C=C\C/C=C\C/C=C\C/C=C\C/C=C\C/C=C\CCCCCCCC(=O)OCC(COC(=O)CCCCCCCCCCCC)OC(=O)CCCCCCC/C=C\CCCCCCCCC. The minimum atomic E-state index is -0.789. The summed E-state index contributed by atoms with van der Waals surface area (Å²) in [5.74, 6) is -0.911. The van der Waals surface area contributed by atoms with E-state index in [1.165, 1.54) is 103 Å². The minimum Gasteiger partial charge on any atom is -0.462 e. The summed E-state index contributed by atoms with van der Waals surface area (Å²) in [7, 11) is 0. The fourth-order valence-electron chi connectivity index (χ4n) is 8.12. The number of hydrogen-bond acceptors (Lipinski definition) is 6. The van der Waals surface area contributed by atoms with Crippen molar-refractivity contribution < 1.29 is 28.6 Å². The van der Waals surface area contributed by atoms with Gasteiger partial charge in [-0.1, -0.05) is 253 Å². The molecule has 0 aliphatic carbocycles. The highest BCUT2D eigenvalue weighted by Crippen LogP contribution is 2.15. The van der Waals surface area contributed by atoms with Crippen molar-refractivity contribution in [1.29, 1.82) is 0 Å². The van der Waals surface area contributed by atoms with Crippen LogP contribution < -0.4 is 0 Å². The molecule has 0 amide bonds. The second kappa shape index (κ2) is 58.9. The van der Waals surface area contributed by atoms with Crippen molar-refractivity contribution in [3.63, 3.8) is 0 Å². The third kappa shape index (κ3) is 57.1. The summed E-state index contributed by atoms with van der Waals surface area (Å²) < 4.78 is 16.8. The van der Waals surface area contributed by atoms with E-state index in [-0.39, 0.29) is 31.1 Å². The Bertz CT molecular complexity index is 1410. The minimum absolute atomic E-state index is 0.0854. The lowest BCUT2D eigenvalue weighted by atomic mass is 10.1. The maximum Gasteiger partial charge on any atom is 0.306 e. The zero-order chi connectivity index (χ0) is 51.4. The molecular formula is C65H110O6. The number of unbranched alkanes of at least 4 members (excludes halogenated alkanes) is 26. The number of ether oxygens (including phenoxy) is 3. The Kier molecular flexibility index (Phi) is 55.9. The highest BCUT2D eigenvalue weighted by Gasteiger charge is 2.19. The molecule has 71 heavy (non-hydrogen) atoms. The van der Waals surface area contributed by atoms with Crippen molar-refractivity contribution in [3.8, 4) is 0 Å². The van der Waals surface area contributed by atoms with Gasteiger partial charge in [0.05, 0.1) is 0 Å². The van der Waals surface area contributed by atoms with Crippen LogP contribution in [-0.4, -0.2) is 37.2 Å². The summed E-state index contributed by atoms with van der Waals surface area (Å²) in [5.41, 5.74) is 0. The van der Waals surface area contributed by atoms with Gasteiger partial charge in [0.15, 0.2) is 6.10 Å². The number of rotatable bonds is 53. The van der Waals surface area contributed by atoms with Crippen LogP contribution in [0.3, 0.4) is 0 Å². The zero-order valence-corrected chi connectivity index (χ0v) is 46.5. The van der Waals surface area contributed by atoms with Crippen molar-refractivity contribution in [2.45, 2.75) is 284 Å². The third-order valence-electron chi connectivity index (χ3n) is 12.6. The second-order valence-corrected chi connectivity index (χ2v) is 19.5. The van der Waals surface area contributed by atoms with E-state index in [0.717, 1.165) is 135 Å². The number of allylic oxidation sites excluding steroid dienone is 16. The average Bonchev–Trinajstić information content (AvgIpc) is 3.37. The van der Waals surface area contributed by atoms with Gasteiger partial charge in [-0.25, -0.2) is 0 Å². The fourth-order valence-corrected chi connectivity index (χ4v) is 8.12. The first-order valence-electron chi connectivity index (χ1n) is 29.7. The lowest BCUT2D eigenvalue weighted by Crippen LogP contribution is -2.30. The van der Waals surface area contributed by atoms with Crippen LogP contribution in [0, 0.1) is 0 Å². The third-order valence-corrected chi connectivity index (χ3v) is 12.6. The lowest BCUT2D eigenvalue weighted by Gasteiger charge is -2.18. The number of carbonyl (C=O) groups excluding carboxylic acids is 3. The van der Waals surface area contributed by atoms with Gasteiger partial charge in [0.1, 0.15) is 13.2 Å². The molecule has 0 N–H and O–H groups in total. The van der Waals surface area contributed by atoms with Crippen LogP contribution in [0.2, 0.25) is 0 Å². The molecule has 0 saturated carbocycles. The predicted octanol–water partition coefficient (Wildman–Crippen LogP) is 20.1. The first-order valence-corrected chi connectivity index (χ1v) is 29.7. The molecule has 0 aliphatic heterocycles. The fraction of sp³-hybridized carbons (Fsp3) is 0.708. The van der Waals surface area contributed by atoms with Gasteiger partial charge in [0, 0.05) is 19.3 Å². The van der Waals surface area contributed by atoms with Crippen LogP contribution in [-0.2, 0) is 28.6 Å². The monoisotopic (exact) mass is 987 g/mol. The predicted molar refractivity (Wildman–Crippen MR) is 307 cm³/mol. The maximum absolute atomic E-state index is 12.8. The van der Waals surface area contributed by atoms with Gasteiger partial charge in [-0.05, 0) is 103 Å². The maximum atomic E-state index is 12.8. The standard InChI is InChI=1S/C65H110O6/c1-4-7-10-13-16-19-22-24-26-28-29-30-31-32-33-34-35-36-37-38-40-41-43-46-49-52-55-58-64(67)70-61-62(60-69-63(66)57-54-51-48-45-21-18-15-12-9-6-3)71-65(68)59-56-53-50-47-44-42-39-27-25-23-20-17-14-11-8-5-2/h7,10,16,19,24,26-27,29-30,32-33,35-36,38-40,62H,4-6,8-9,11-15,17-18,20-23,25,28,31,34,37,41-61H2,1-3H3/b10-7-,19-16-,26-24-,30-29-,33-32-,36-35-,39-27-,40-38-. The molecule has 0 heterocycles. The molecule has 0 rings (SSSR count). The van der Waals surface area contributed by atoms with Crippen molar-refractivity contribution in [3.05, 3.63) is 97.2 Å². The van der Waals surface area contributed by atoms with Crippen molar-refractivity contribution in [2.24, 2.45) is 0 Å². The second-order valence-electron chi connectivity index (χ2n) is 19.5. The van der Waals surface area contributed by atoms with E-state index in [1.807, 2.05) is 0 Å². The summed E-state index contributed by atoms with van der Waals surface area (Å²) in [6, 6.07) is 0. The highest BCUT2D eigenvalue weighted by atomic mass is 16.6. The quantitative estimate of drug-likeness (QED) is 0.0261. The summed E-state index contributed by atoms with van der Waals surface area (Å²) >= 11 is 0. The van der Waals surface area contributed by atoms with Crippen molar-refractivity contribution >= 4 is 17.9 Å².